The minimum atomic E-state index is -0.333. The molecule has 0 unspecified atom stereocenters. The van der Waals surface area contributed by atoms with Crippen LogP contribution in [0.3, 0.4) is 0 Å². The quantitative estimate of drug-likeness (QED) is 0.254. The highest BCUT2D eigenvalue weighted by Crippen LogP contribution is 2.33. The number of hydrogen-bond acceptors (Lipinski definition) is 8. The second kappa shape index (κ2) is 10.3. The van der Waals surface area contributed by atoms with Gasteiger partial charge in [0, 0.05) is 56.4 Å². The van der Waals surface area contributed by atoms with Crippen molar-refractivity contribution in [2.24, 2.45) is 0 Å². The molecule has 0 fully saturated rings. The van der Waals surface area contributed by atoms with Crippen molar-refractivity contribution in [3.8, 4) is 33.9 Å². The van der Waals surface area contributed by atoms with Gasteiger partial charge in [0.2, 0.25) is 0 Å². The Hall–Kier alpha value is -4.90. The molecular weight excluding hydrogens is 507 g/mol. The molecule has 0 aliphatic rings. The topological polar surface area (TPSA) is 115 Å². The minimum Gasteiger partial charge on any atom is -0.384 e. The molecule has 6 aromatic rings. The van der Waals surface area contributed by atoms with Gasteiger partial charge >= 0.3 is 0 Å². The van der Waals surface area contributed by atoms with Gasteiger partial charge in [0.25, 0.3) is 0 Å². The van der Waals surface area contributed by atoms with Gasteiger partial charge in [-0.25, -0.2) is 14.4 Å². The monoisotopic (exact) mass is 536 g/mol. The van der Waals surface area contributed by atoms with Crippen LogP contribution >= 0.6 is 0 Å². The Labute approximate surface area is 230 Å². The molecule has 5 aromatic heterocycles. The van der Waals surface area contributed by atoms with Crippen LogP contribution in [0.1, 0.15) is 0 Å². The fraction of sp³-hybridized carbons (Fsp3) is 0.207. The van der Waals surface area contributed by atoms with Crippen LogP contribution in [0.2, 0.25) is 0 Å². The lowest BCUT2D eigenvalue weighted by molar-refractivity contribution is 0.425. The average molecular weight is 537 g/mol. The number of anilines is 2. The lowest BCUT2D eigenvalue weighted by Gasteiger charge is -2.12. The standard InChI is InChI=1S/C29H29FN10/c1-39(2)8-7-33-20-10-17(9-19(30)12-20)22-15-32-16-25-26(22)36-29(35-25)28-27-24(37-38-28)6-5-23(34-27)18-11-21(40(3)4)14-31-13-18/h5-6,9-16,33H,7-8H2,1-4H3,(H,35,36)(H,37,38). The summed E-state index contributed by atoms with van der Waals surface area (Å²) in [7, 11) is 7.95. The number of imidazole rings is 1. The van der Waals surface area contributed by atoms with Gasteiger partial charge < -0.3 is 20.1 Å². The summed E-state index contributed by atoms with van der Waals surface area (Å²) in [5.74, 6) is 0.210. The van der Waals surface area contributed by atoms with E-state index in [1.807, 2.05) is 63.6 Å². The van der Waals surface area contributed by atoms with Crippen molar-refractivity contribution >= 4 is 33.4 Å². The number of rotatable bonds is 8. The molecule has 0 aliphatic heterocycles. The summed E-state index contributed by atoms with van der Waals surface area (Å²) in [6.07, 6.45) is 7.02. The SMILES string of the molecule is CN(C)CCNc1cc(F)cc(-c2cncc3[nH]c(-c4n[nH]c5ccc(-c6cncc(N(C)C)c6)nc45)nc23)c1. The molecular formula is C29H29FN10. The normalized spacial score (nSPS) is 11.6. The zero-order valence-corrected chi connectivity index (χ0v) is 22.7. The van der Waals surface area contributed by atoms with Crippen LogP contribution in [0.4, 0.5) is 15.8 Å². The molecule has 1 aromatic carbocycles. The number of benzene rings is 1. The largest absolute Gasteiger partial charge is 0.384 e. The summed E-state index contributed by atoms with van der Waals surface area (Å²) >= 11 is 0. The highest BCUT2D eigenvalue weighted by Gasteiger charge is 2.18. The molecule has 6 rings (SSSR count). The van der Waals surface area contributed by atoms with Crippen molar-refractivity contribution in [1.82, 2.24) is 40.0 Å². The van der Waals surface area contributed by atoms with Crippen LogP contribution in [0.25, 0.3) is 56.0 Å². The minimum absolute atomic E-state index is 0.333. The molecule has 0 aliphatic carbocycles. The van der Waals surface area contributed by atoms with Crippen molar-refractivity contribution in [2.45, 2.75) is 0 Å². The number of nitrogens with one attached hydrogen (secondary N) is 3. The summed E-state index contributed by atoms with van der Waals surface area (Å²) in [4.78, 5) is 25.9. The molecule has 0 saturated heterocycles. The maximum Gasteiger partial charge on any atom is 0.161 e. The zero-order chi connectivity index (χ0) is 27.8. The van der Waals surface area contributed by atoms with Gasteiger partial charge in [0.05, 0.1) is 40.3 Å². The average Bonchev–Trinajstić information content (AvgIpc) is 3.56. The van der Waals surface area contributed by atoms with Crippen LogP contribution in [-0.2, 0) is 0 Å². The Balaban J connectivity index is 1.39. The molecule has 5 heterocycles. The van der Waals surface area contributed by atoms with Crippen molar-refractivity contribution in [2.75, 3.05) is 51.5 Å². The van der Waals surface area contributed by atoms with Crippen molar-refractivity contribution in [1.29, 1.82) is 0 Å². The van der Waals surface area contributed by atoms with Gasteiger partial charge in [0.1, 0.15) is 11.3 Å². The molecule has 0 amide bonds. The van der Waals surface area contributed by atoms with E-state index in [0.717, 1.165) is 34.6 Å². The lowest BCUT2D eigenvalue weighted by atomic mass is 10.1. The molecule has 10 nitrogen and oxygen atoms in total. The van der Waals surface area contributed by atoms with Crippen LogP contribution in [0, 0.1) is 5.82 Å². The molecule has 0 radical (unpaired) electrons. The predicted octanol–water partition coefficient (Wildman–Crippen LogP) is 4.80. The van der Waals surface area contributed by atoms with Crippen LogP contribution in [0.5, 0.6) is 0 Å². The Kier molecular flexibility index (Phi) is 6.56. The highest BCUT2D eigenvalue weighted by atomic mass is 19.1. The highest BCUT2D eigenvalue weighted by molar-refractivity contribution is 5.96. The fourth-order valence-corrected chi connectivity index (χ4v) is 4.56. The maximum atomic E-state index is 14.6. The van der Waals surface area contributed by atoms with Crippen molar-refractivity contribution < 1.29 is 4.39 Å². The van der Waals surface area contributed by atoms with E-state index in [1.54, 1.807) is 18.6 Å². The first-order chi connectivity index (χ1) is 19.4. The number of aromatic amines is 2. The number of halogens is 1. The molecule has 3 N–H and O–H groups in total. The van der Waals surface area contributed by atoms with E-state index in [1.165, 1.54) is 12.1 Å². The molecule has 11 heteroatoms. The van der Waals surface area contributed by atoms with E-state index in [4.69, 9.17) is 9.97 Å². The van der Waals surface area contributed by atoms with E-state index in [9.17, 15) is 4.39 Å². The second-order valence-electron chi connectivity index (χ2n) is 10.1. The molecule has 202 valence electrons. The predicted molar refractivity (Wildman–Crippen MR) is 157 cm³/mol. The lowest BCUT2D eigenvalue weighted by Crippen LogP contribution is -2.20. The number of nitrogens with zero attached hydrogens (tertiary/aromatic N) is 7. The summed E-state index contributed by atoms with van der Waals surface area (Å²) in [5, 5.41) is 10.9. The van der Waals surface area contributed by atoms with Gasteiger partial charge in [-0.15, -0.1) is 0 Å². The van der Waals surface area contributed by atoms with Gasteiger partial charge in [-0.1, -0.05) is 0 Å². The van der Waals surface area contributed by atoms with Crippen molar-refractivity contribution in [3.63, 3.8) is 0 Å². The number of hydrogen-bond donors (Lipinski definition) is 3. The number of pyridine rings is 3. The molecule has 40 heavy (non-hydrogen) atoms. The third kappa shape index (κ3) is 4.94. The van der Waals surface area contributed by atoms with Gasteiger partial charge in [-0.05, 0) is 56.1 Å². The van der Waals surface area contributed by atoms with E-state index >= 15 is 0 Å². The summed E-state index contributed by atoms with van der Waals surface area (Å²) < 4.78 is 14.6. The van der Waals surface area contributed by atoms with Gasteiger partial charge in [-0.2, -0.15) is 5.10 Å². The first kappa shape index (κ1) is 25.4. The molecule has 0 bridgehead atoms. The number of H-pyrrole nitrogens is 2. The first-order valence-electron chi connectivity index (χ1n) is 12.9. The number of fused-ring (bicyclic) bond motifs is 2. The van der Waals surface area contributed by atoms with E-state index in [0.29, 0.717) is 45.9 Å². The third-order valence-corrected chi connectivity index (χ3v) is 6.66. The summed E-state index contributed by atoms with van der Waals surface area (Å²) in [6, 6.07) is 10.8. The van der Waals surface area contributed by atoms with Crippen molar-refractivity contribution in [3.05, 3.63) is 67.0 Å². The maximum absolute atomic E-state index is 14.6. The number of likely N-dealkylation sites (N-methyl/N-ethyl adjacent to an activating group) is 1. The zero-order valence-electron chi connectivity index (χ0n) is 22.7. The Bertz CT molecular complexity index is 1820. The Morgan fingerprint density at radius 3 is 2.52 bits per heavy atom. The van der Waals surface area contributed by atoms with Crippen LogP contribution < -0.4 is 10.2 Å². The van der Waals surface area contributed by atoms with Crippen LogP contribution in [0.15, 0.2) is 61.2 Å². The van der Waals surface area contributed by atoms with Gasteiger partial charge in [0.15, 0.2) is 11.5 Å². The Morgan fingerprint density at radius 1 is 0.850 bits per heavy atom. The van der Waals surface area contributed by atoms with E-state index in [2.05, 4.69) is 35.4 Å². The van der Waals surface area contributed by atoms with Crippen LogP contribution in [-0.4, -0.2) is 81.3 Å². The fourth-order valence-electron chi connectivity index (χ4n) is 4.56. The summed E-state index contributed by atoms with van der Waals surface area (Å²) in [6.45, 7) is 1.53. The first-order valence-corrected chi connectivity index (χ1v) is 12.9. The second-order valence-corrected chi connectivity index (χ2v) is 10.1. The van der Waals surface area contributed by atoms with Gasteiger partial charge in [-0.3, -0.25) is 15.1 Å². The third-order valence-electron chi connectivity index (χ3n) is 6.66. The molecule has 0 saturated carbocycles. The van der Waals surface area contributed by atoms with E-state index < -0.39 is 0 Å². The molecule has 0 atom stereocenters. The number of aromatic nitrogens is 7. The smallest absolute Gasteiger partial charge is 0.161 e. The summed E-state index contributed by atoms with van der Waals surface area (Å²) in [5.41, 5.74) is 8.20. The molecule has 0 spiro atoms. The van der Waals surface area contributed by atoms with E-state index in [-0.39, 0.29) is 5.82 Å². The Morgan fingerprint density at radius 2 is 1.70 bits per heavy atom.